The van der Waals surface area contributed by atoms with Gasteiger partial charge in [-0.05, 0) is 32.9 Å². The Hall–Kier alpha value is -0.610. The first-order valence-corrected chi connectivity index (χ1v) is 6.72. The van der Waals surface area contributed by atoms with Gasteiger partial charge in [0.15, 0.2) is 0 Å². The molecule has 4 heteroatoms. The number of carbonyl (C=O) groups excluding carboxylic acids is 1. The molecule has 4 nitrogen and oxygen atoms in total. The average Bonchev–Trinajstić information content (AvgIpc) is 2.47. The zero-order valence-electron chi connectivity index (χ0n) is 11.6. The summed E-state index contributed by atoms with van der Waals surface area (Å²) in [7, 11) is 2.11. The second-order valence-corrected chi connectivity index (χ2v) is 5.41. The standard InChI is InChI=1S/C13H27N3O/c1-5-10(2)12(14)13(17)16-8-6-7-15(4)9-11(16)3/h10-12H,5-9,14H2,1-4H3/t10-,11?,12-/m0/s1. The minimum atomic E-state index is -0.342. The van der Waals surface area contributed by atoms with E-state index in [4.69, 9.17) is 5.73 Å². The Morgan fingerprint density at radius 2 is 2.12 bits per heavy atom. The van der Waals surface area contributed by atoms with E-state index >= 15 is 0 Å². The first-order valence-electron chi connectivity index (χ1n) is 6.72. The van der Waals surface area contributed by atoms with E-state index in [1.807, 2.05) is 4.90 Å². The van der Waals surface area contributed by atoms with Crippen LogP contribution in [-0.2, 0) is 4.79 Å². The summed E-state index contributed by atoms with van der Waals surface area (Å²) in [6.45, 7) is 9.10. The van der Waals surface area contributed by atoms with Crippen molar-refractivity contribution in [3.8, 4) is 0 Å². The maximum atomic E-state index is 12.4. The molecule has 1 aliphatic heterocycles. The van der Waals surface area contributed by atoms with Crippen LogP contribution in [0, 0.1) is 5.92 Å². The van der Waals surface area contributed by atoms with Crippen LogP contribution >= 0.6 is 0 Å². The van der Waals surface area contributed by atoms with Crippen molar-refractivity contribution in [2.75, 3.05) is 26.7 Å². The predicted molar refractivity (Wildman–Crippen MR) is 70.7 cm³/mol. The van der Waals surface area contributed by atoms with E-state index in [1.54, 1.807) is 0 Å². The minimum absolute atomic E-state index is 0.127. The highest BCUT2D eigenvalue weighted by Gasteiger charge is 2.29. The zero-order valence-corrected chi connectivity index (χ0v) is 11.6. The van der Waals surface area contributed by atoms with Crippen molar-refractivity contribution in [3.05, 3.63) is 0 Å². The zero-order chi connectivity index (χ0) is 13.0. The summed E-state index contributed by atoms with van der Waals surface area (Å²) in [5, 5.41) is 0. The molecule has 0 aromatic heterocycles. The molecule has 2 N–H and O–H groups in total. The lowest BCUT2D eigenvalue weighted by Crippen LogP contribution is -2.51. The number of hydrogen-bond acceptors (Lipinski definition) is 3. The van der Waals surface area contributed by atoms with E-state index in [0.29, 0.717) is 0 Å². The summed E-state index contributed by atoms with van der Waals surface area (Å²) in [4.78, 5) is 16.6. The minimum Gasteiger partial charge on any atom is -0.337 e. The first-order chi connectivity index (χ1) is 7.97. The summed E-state index contributed by atoms with van der Waals surface area (Å²) in [5.74, 6) is 0.387. The molecule has 0 aliphatic carbocycles. The third-order valence-electron chi connectivity index (χ3n) is 3.87. The molecule has 100 valence electrons. The molecule has 1 rings (SSSR count). The van der Waals surface area contributed by atoms with Crippen molar-refractivity contribution < 1.29 is 4.79 Å². The molecule has 3 atom stereocenters. The van der Waals surface area contributed by atoms with Crippen LogP contribution in [0.5, 0.6) is 0 Å². The Kier molecular flexibility index (Phi) is 5.40. The van der Waals surface area contributed by atoms with Crippen molar-refractivity contribution in [2.45, 2.75) is 45.7 Å². The molecule has 1 fully saturated rings. The van der Waals surface area contributed by atoms with Crippen molar-refractivity contribution in [1.29, 1.82) is 0 Å². The van der Waals surface area contributed by atoms with Crippen LogP contribution in [-0.4, -0.2) is 54.5 Å². The summed E-state index contributed by atoms with van der Waals surface area (Å²) >= 11 is 0. The molecule has 1 amide bonds. The van der Waals surface area contributed by atoms with Gasteiger partial charge in [-0.1, -0.05) is 20.3 Å². The normalized spacial score (nSPS) is 26.4. The topological polar surface area (TPSA) is 49.6 Å². The number of rotatable bonds is 3. The van der Waals surface area contributed by atoms with Gasteiger partial charge in [-0.3, -0.25) is 4.79 Å². The molecule has 0 saturated carbocycles. The number of nitrogens with zero attached hydrogens (tertiary/aromatic N) is 2. The van der Waals surface area contributed by atoms with Crippen molar-refractivity contribution in [3.63, 3.8) is 0 Å². The van der Waals surface area contributed by atoms with E-state index in [9.17, 15) is 4.79 Å². The summed E-state index contributed by atoms with van der Waals surface area (Å²) in [6, 6.07) is -0.0732. The highest BCUT2D eigenvalue weighted by Crippen LogP contribution is 2.14. The number of carbonyl (C=O) groups is 1. The third-order valence-corrected chi connectivity index (χ3v) is 3.87. The molecule has 1 aliphatic rings. The smallest absolute Gasteiger partial charge is 0.240 e. The number of nitrogens with two attached hydrogens (primary N) is 1. The summed E-state index contributed by atoms with van der Waals surface area (Å²) < 4.78 is 0. The lowest BCUT2D eigenvalue weighted by Gasteiger charge is -2.32. The molecule has 1 saturated heterocycles. The monoisotopic (exact) mass is 241 g/mol. The predicted octanol–water partition coefficient (Wildman–Crippen LogP) is 0.912. The molecular weight excluding hydrogens is 214 g/mol. The molecular formula is C13H27N3O. The lowest BCUT2D eigenvalue weighted by atomic mass is 9.98. The lowest BCUT2D eigenvalue weighted by molar-refractivity contribution is -0.135. The molecule has 0 radical (unpaired) electrons. The Labute approximate surface area is 105 Å². The Balaban J connectivity index is 2.66. The molecule has 17 heavy (non-hydrogen) atoms. The average molecular weight is 241 g/mol. The Morgan fingerprint density at radius 1 is 1.47 bits per heavy atom. The van der Waals surface area contributed by atoms with E-state index in [-0.39, 0.29) is 23.9 Å². The maximum Gasteiger partial charge on any atom is 0.240 e. The van der Waals surface area contributed by atoms with Gasteiger partial charge in [-0.25, -0.2) is 0 Å². The van der Waals surface area contributed by atoms with Gasteiger partial charge in [0, 0.05) is 19.1 Å². The molecule has 0 aromatic carbocycles. The van der Waals surface area contributed by atoms with Crippen LogP contribution in [0.15, 0.2) is 0 Å². The van der Waals surface area contributed by atoms with Gasteiger partial charge in [-0.2, -0.15) is 0 Å². The number of amides is 1. The van der Waals surface area contributed by atoms with Gasteiger partial charge < -0.3 is 15.5 Å². The molecule has 1 heterocycles. The van der Waals surface area contributed by atoms with Gasteiger partial charge in [0.05, 0.1) is 6.04 Å². The fourth-order valence-electron chi connectivity index (χ4n) is 2.39. The van der Waals surface area contributed by atoms with Gasteiger partial charge in [-0.15, -0.1) is 0 Å². The largest absolute Gasteiger partial charge is 0.337 e. The van der Waals surface area contributed by atoms with Crippen molar-refractivity contribution >= 4 is 5.91 Å². The molecule has 0 spiro atoms. The quantitative estimate of drug-likeness (QED) is 0.799. The van der Waals surface area contributed by atoms with Gasteiger partial charge in [0.25, 0.3) is 0 Å². The Bertz CT molecular complexity index is 257. The van der Waals surface area contributed by atoms with Gasteiger partial charge >= 0.3 is 0 Å². The second-order valence-electron chi connectivity index (χ2n) is 5.41. The maximum absolute atomic E-state index is 12.4. The summed E-state index contributed by atoms with van der Waals surface area (Å²) in [6.07, 6.45) is 1.99. The molecule has 0 aromatic rings. The van der Waals surface area contributed by atoms with Crippen LogP contribution in [0.2, 0.25) is 0 Å². The van der Waals surface area contributed by atoms with Gasteiger partial charge in [0.1, 0.15) is 0 Å². The van der Waals surface area contributed by atoms with Crippen molar-refractivity contribution in [1.82, 2.24) is 9.80 Å². The van der Waals surface area contributed by atoms with Crippen LogP contribution in [0.3, 0.4) is 0 Å². The fourth-order valence-corrected chi connectivity index (χ4v) is 2.39. The SMILES string of the molecule is CC[C@H](C)[C@H](N)C(=O)N1CCCN(C)CC1C. The number of likely N-dealkylation sites (N-methyl/N-ethyl adjacent to an activating group) is 1. The summed E-state index contributed by atoms with van der Waals surface area (Å²) in [5.41, 5.74) is 6.05. The highest BCUT2D eigenvalue weighted by molar-refractivity contribution is 5.82. The van der Waals surface area contributed by atoms with E-state index in [1.165, 1.54) is 0 Å². The van der Waals surface area contributed by atoms with E-state index in [2.05, 4.69) is 32.7 Å². The van der Waals surface area contributed by atoms with Crippen LogP contribution in [0.25, 0.3) is 0 Å². The second kappa shape index (κ2) is 6.36. The third kappa shape index (κ3) is 3.68. The molecule has 0 bridgehead atoms. The van der Waals surface area contributed by atoms with Gasteiger partial charge in [0.2, 0.25) is 5.91 Å². The van der Waals surface area contributed by atoms with Crippen LogP contribution in [0.1, 0.15) is 33.6 Å². The fraction of sp³-hybridized carbons (Fsp3) is 0.923. The van der Waals surface area contributed by atoms with E-state index in [0.717, 1.165) is 32.5 Å². The Morgan fingerprint density at radius 3 is 2.71 bits per heavy atom. The van der Waals surface area contributed by atoms with Crippen LogP contribution < -0.4 is 5.73 Å². The first kappa shape index (κ1) is 14.5. The number of hydrogen-bond donors (Lipinski definition) is 1. The van der Waals surface area contributed by atoms with Crippen LogP contribution in [0.4, 0.5) is 0 Å². The van der Waals surface area contributed by atoms with E-state index < -0.39 is 0 Å². The van der Waals surface area contributed by atoms with Crippen molar-refractivity contribution in [2.24, 2.45) is 11.7 Å². The molecule has 1 unspecified atom stereocenters. The highest BCUT2D eigenvalue weighted by atomic mass is 16.2.